The van der Waals surface area contributed by atoms with Crippen LogP contribution < -0.4 is 15.2 Å². The molecule has 0 radical (unpaired) electrons. The molecule has 3 rings (SSSR count). The number of hydrogen-bond donors (Lipinski definition) is 1. The predicted octanol–water partition coefficient (Wildman–Crippen LogP) is 5.93. The molecule has 0 aliphatic carbocycles. The van der Waals surface area contributed by atoms with Gasteiger partial charge in [0.2, 0.25) is 0 Å². The van der Waals surface area contributed by atoms with Gasteiger partial charge in [-0.3, -0.25) is 0 Å². The van der Waals surface area contributed by atoms with E-state index in [1.54, 1.807) is 18.2 Å². The second kappa shape index (κ2) is 9.25. The SMILES string of the molecule is CCCCCOc1ccc(C#N)cc1Oc1ccc(-c2nc(N)sc2C)cc1. The average Bonchev–Trinajstić information content (AvgIpc) is 3.04. The van der Waals surface area contributed by atoms with E-state index in [1.807, 2.05) is 31.2 Å². The van der Waals surface area contributed by atoms with Crippen LogP contribution in [0.5, 0.6) is 17.2 Å². The average molecular weight is 394 g/mol. The third-order valence-electron chi connectivity index (χ3n) is 4.25. The molecule has 0 saturated heterocycles. The molecule has 0 saturated carbocycles. The van der Waals surface area contributed by atoms with Crippen molar-refractivity contribution in [2.45, 2.75) is 33.1 Å². The van der Waals surface area contributed by atoms with E-state index in [0.717, 1.165) is 35.4 Å². The van der Waals surface area contributed by atoms with Crippen LogP contribution in [0.2, 0.25) is 0 Å². The van der Waals surface area contributed by atoms with E-state index in [-0.39, 0.29) is 0 Å². The molecule has 6 heteroatoms. The summed E-state index contributed by atoms with van der Waals surface area (Å²) in [6.45, 7) is 4.78. The number of nitrogen functional groups attached to an aromatic ring is 1. The lowest BCUT2D eigenvalue weighted by molar-refractivity contribution is 0.292. The fourth-order valence-electron chi connectivity index (χ4n) is 2.80. The number of unbranched alkanes of at least 4 members (excludes halogenated alkanes) is 2. The number of thiazole rings is 1. The lowest BCUT2D eigenvalue weighted by Crippen LogP contribution is -1.99. The number of anilines is 1. The molecule has 0 spiro atoms. The van der Waals surface area contributed by atoms with Gasteiger partial charge in [-0.25, -0.2) is 4.98 Å². The van der Waals surface area contributed by atoms with Gasteiger partial charge in [-0.15, -0.1) is 11.3 Å². The number of rotatable bonds is 8. The van der Waals surface area contributed by atoms with Gasteiger partial charge in [0.25, 0.3) is 0 Å². The Labute approximate surface area is 169 Å². The quantitative estimate of drug-likeness (QED) is 0.479. The summed E-state index contributed by atoms with van der Waals surface area (Å²) < 4.78 is 11.9. The number of hydrogen-bond acceptors (Lipinski definition) is 6. The van der Waals surface area contributed by atoms with Gasteiger partial charge in [0.15, 0.2) is 16.6 Å². The van der Waals surface area contributed by atoms with Crippen LogP contribution in [0.3, 0.4) is 0 Å². The number of nitriles is 1. The van der Waals surface area contributed by atoms with Crippen LogP contribution in [0.15, 0.2) is 42.5 Å². The monoisotopic (exact) mass is 393 g/mol. The third-order valence-corrected chi connectivity index (χ3v) is 5.05. The molecule has 0 bridgehead atoms. The van der Waals surface area contributed by atoms with Crippen LogP contribution in [-0.4, -0.2) is 11.6 Å². The maximum absolute atomic E-state index is 9.19. The van der Waals surface area contributed by atoms with Gasteiger partial charge in [0.05, 0.1) is 23.9 Å². The van der Waals surface area contributed by atoms with Gasteiger partial charge in [0, 0.05) is 16.5 Å². The summed E-state index contributed by atoms with van der Waals surface area (Å²) in [6, 6.07) is 15.0. The Hall–Kier alpha value is -3.04. The van der Waals surface area contributed by atoms with E-state index in [2.05, 4.69) is 18.0 Å². The minimum atomic E-state index is 0.529. The first-order valence-electron chi connectivity index (χ1n) is 9.29. The summed E-state index contributed by atoms with van der Waals surface area (Å²) in [5.41, 5.74) is 8.20. The van der Waals surface area contributed by atoms with Crippen molar-refractivity contribution in [3.63, 3.8) is 0 Å². The smallest absolute Gasteiger partial charge is 0.180 e. The van der Waals surface area contributed by atoms with Crippen molar-refractivity contribution in [1.82, 2.24) is 4.98 Å². The maximum Gasteiger partial charge on any atom is 0.180 e. The fraction of sp³-hybridized carbons (Fsp3) is 0.273. The van der Waals surface area contributed by atoms with E-state index >= 15 is 0 Å². The Morgan fingerprint density at radius 3 is 2.54 bits per heavy atom. The minimum Gasteiger partial charge on any atom is -0.490 e. The molecule has 2 aromatic carbocycles. The summed E-state index contributed by atoms with van der Waals surface area (Å²) in [5, 5.41) is 9.75. The summed E-state index contributed by atoms with van der Waals surface area (Å²) in [5.74, 6) is 1.85. The molecule has 2 N–H and O–H groups in total. The zero-order valence-corrected chi connectivity index (χ0v) is 16.9. The molecule has 1 heterocycles. The topological polar surface area (TPSA) is 81.2 Å². The van der Waals surface area contributed by atoms with Crippen LogP contribution >= 0.6 is 11.3 Å². The van der Waals surface area contributed by atoms with Crippen molar-refractivity contribution in [2.24, 2.45) is 0 Å². The van der Waals surface area contributed by atoms with Crippen molar-refractivity contribution < 1.29 is 9.47 Å². The number of nitrogens with zero attached hydrogens (tertiary/aromatic N) is 2. The first kappa shape index (κ1) is 19.7. The highest BCUT2D eigenvalue weighted by Crippen LogP contribution is 2.34. The van der Waals surface area contributed by atoms with Crippen LogP contribution in [0.25, 0.3) is 11.3 Å². The Kier molecular flexibility index (Phi) is 6.51. The molecule has 0 atom stereocenters. The molecule has 0 aliphatic heterocycles. The zero-order chi connectivity index (χ0) is 19.9. The molecular weight excluding hydrogens is 370 g/mol. The molecule has 0 fully saturated rings. The molecule has 3 aromatic rings. The van der Waals surface area contributed by atoms with Crippen LogP contribution in [-0.2, 0) is 0 Å². The predicted molar refractivity (Wildman–Crippen MR) is 113 cm³/mol. The second-order valence-electron chi connectivity index (χ2n) is 6.41. The standard InChI is InChI=1S/C22H23N3O2S/c1-3-4-5-12-26-19-11-6-16(14-23)13-20(19)27-18-9-7-17(8-10-18)21-15(2)28-22(24)25-21/h6-11,13H,3-5,12H2,1-2H3,(H2,24,25). The maximum atomic E-state index is 9.19. The van der Waals surface area contributed by atoms with Crippen molar-refractivity contribution in [3.05, 3.63) is 52.9 Å². The Morgan fingerprint density at radius 2 is 1.89 bits per heavy atom. The van der Waals surface area contributed by atoms with Crippen molar-refractivity contribution >= 4 is 16.5 Å². The highest BCUT2D eigenvalue weighted by molar-refractivity contribution is 7.15. The summed E-state index contributed by atoms with van der Waals surface area (Å²) >= 11 is 1.48. The fourth-order valence-corrected chi connectivity index (χ4v) is 3.51. The van der Waals surface area contributed by atoms with Gasteiger partial charge in [-0.05, 0) is 49.7 Å². The number of nitrogens with two attached hydrogens (primary N) is 1. The van der Waals surface area contributed by atoms with Crippen molar-refractivity contribution in [3.8, 4) is 34.6 Å². The van der Waals surface area contributed by atoms with Crippen molar-refractivity contribution in [1.29, 1.82) is 5.26 Å². The van der Waals surface area contributed by atoms with E-state index < -0.39 is 0 Å². The number of aryl methyl sites for hydroxylation is 1. The Balaban J connectivity index is 1.78. The first-order chi connectivity index (χ1) is 13.6. The van der Waals surface area contributed by atoms with Gasteiger partial charge in [0.1, 0.15) is 5.75 Å². The Morgan fingerprint density at radius 1 is 1.11 bits per heavy atom. The molecule has 1 aromatic heterocycles. The van der Waals surface area contributed by atoms with Crippen LogP contribution in [0.4, 0.5) is 5.13 Å². The largest absolute Gasteiger partial charge is 0.490 e. The summed E-state index contributed by atoms with van der Waals surface area (Å²) in [6.07, 6.45) is 3.24. The molecule has 28 heavy (non-hydrogen) atoms. The lowest BCUT2D eigenvalue weighted by Gasteiger charge is -2.13. The third kappa shape index (κ3) is 4.81. The summed E-state index contributed by atoms with van der Waals surface area (Å²) in [7, 11) is 0. The lowest BCUT2D eigenvalue weighted by atomic mass is 10.1. The molecule has 0 amide bonds. The van der Waals surface area contributed by atoms with E-state index in [9.17, 15) is 5.26 Å². The molecule has 0 unspecified atom stereocenters. The van der Waals surface area contributed by atoms with E-state index in [1.165, 1.54) is 11.3 Å². The van der Waals surface area contributed by atoms with E-state index in [4.69, 9.17) is 15.2 Å². The number of ether oxygens (including phenoxy) is 2. The van der Waals surface area contributed by atoms with Crippen molar-refractivity contribution in [2.75, 3.05) is 12.3 Å². The van der Waals surface area contributed by atoms with Gasteiger partial charge in [-0.2, -0.15) is 5.26 Å². The highest BCUT2D eigenvalue weighted by atomic mass is 32.1. The number of benzene rings is 2. The summed E-state index contributed by atoms with van der Waals surface area (Å²) in [4.78, 5) is 5.46. The molecule has 0 aliphatic rings. The van der Waals surface area contributed by atoms with Gasteiger partial charge in [-0.1, -0.05) is 19.8 Å². The van der Waals surface area contributed by atoms with E-state index in [0.29, 0.717) is 34.6 Å². The molecule has 144 valence electrons. The van der Waals surface area contributed by atoms with Crippen LogP contribution in [0, 0.1) is 18.3 Å². The van der Waals surface area contributed by atoms with Gasteiger partial charge < -0.3 is 15.2 Å². The Bertz CT molecular complexity index is 974. The zero-order valence-electron chi connectivity index (χ0n) is 16.1. The molecule has 5 nitrogen and oxygen atoms in total. The first-order valence-corrected chi connectivity index (χ1v) is 10.1. The van der Waals surface area contributed by atoms with Crippen LogP contribution in [0.1, 0.15) is 36.6 Å². The molecular formula is C22H23N3O2S. The second-order valence-corrected chi connectivity index (χ2v) is 7.65. The highest BCUT2D eigenvalue weighted by Gasteiger charge is 2.11. The minimum absolute atomic E-state index is 0.529. The van der Waals surface area contributed by atoms with Gasteiger partial charge >= 0.3 is 0 Å². The number of aromatic nitrogens is 1. The normalized spacial score (nSPS) is 10.5.